The summed E-state index contributed by atoms with van der Waals surface area (Å²) in [4.78, 5) is 36.8. The third-order valence-corrected chi connectivity index (χ3v) is 5.03. The molecule has 0 spiro atoms. The maximum atomic E-state index is 12.6. The van der Waals surface area contributed by atoms with E-state index in [4.69, 9.17) is 9.47 Å². The molecule has 2 amide bonds. The molecule has 0 aliphatic carbocycles. The second-order valence-electron chi connectivity index (χ2n) is 7.00. The fourth-order valence-electron chi connectivity index (χ4n) is 2.87. The molecule has 0 saturated carbocycles. The molecule has 9 heteroatoms. The van der Waals surface area contributed by atoms with Crippen molar-refractivity contribution < 1.29 is 23.9 Å². The van der Waals surface area contributed by atoms with Crippen LogP contribution in [0.15, 0.2) is 76.3 Å². The van der Waals surface area contributed by atoms with E-state index in [1.807, 2.05) is 26.0 Å². The molecule has 0 unspecified atom stereocenters. The maximum absolute atomic E-state index is 12.6. The first-order valence-corrected chi connectivity index (χ1v) is 11.1. The number of nitrogens with one attached hydrogen (secondary N) is 2. The lowest BCUT2D eigenvalue weighted by molar-refractivity contribution is -0.136. The fraction of sp³-hybridized carbons (Fsp3) is 0.120. The van der Waals surface area contributed by atoms with Crippen molar-refractivity contribution in [3.05, 3.63) is 87.9 Å². The molecule has 0 heterocycles. The van der Waals surface area contributed by atoms with E-state index in [0.29, 0.717) is 33.6 Å². The monoisotopic (exact) mass is 523 g/mol. The van der Waals surface area contributed by atoms with Gasteiger partial charge < -0.3 is 14.8 Å². The lowest BCUT2D eigenvalue weighted by Crippen LogP contribution is -2.32. The van der Waals surface area contributed by atoms with Crippen molar-refractivity contribution in [1.82, 2.24) is 5.43 Å². The Morgan fingerprint density at radius 3 is 2.44 bits per heavy atom. The van der Waals surface area contributed by atoms with Gasteiger partial charge in [0.2, 0.25) is 0 Å². The van der Waals surface area contributed by atoms with E-state index in [0.717, 1.165) is 5.56 Å². The van der Waals surface area contributed by atoms with E-state index in [-0.39, 0.29) is 5.75 Å². The lowest BCUT2D eigenvalue weighted by atomic mass is 10.1. The molecule has 0 bridgehead atoms. The summed E-state index contributed by atoms with van der Waals surface area (Å²) >= 11 is 3.35. The highest BCUT2D eigenvalue weighted by Crippen LogP contribution is 2.23. The molecular formula is C25H22BrN3O5. The molecule has 2 N–H and O–H groups in total. The number of anilines is 1. The predicted octanol–water partition coefficient (Wildman–Crippen LogP) is 4.46. The summed E-state index contributed by atoms with van der Waals surface area (Å²) in [6.07, 6.45) is 1.29. The molecule has 3 rings (SSSR count). The van der Waals surface area contributed by atoms with Crippen LogP contribution in [0.2, 0.25) is 0 Å². The third-order valence-electron chi connectivity index (χ3n) is 4.54. The van der Waals surface area contributed by atoms with Crippen molar-refractivity contribution in [1.29, 1.82) is 0 Å². The number of benzene rings is 3. The van der Waals surface area contributed by atoms with Gasteiger partial charge in [-0.05, 0) is 67.9 Å². The van der Waals surface area contributed by atoms with Crippen LogP contribution < -0.4 is 20.2 Å². The highest BCUT2D eigenvalue weighted by molar-refractivity contribution is 9.10. The highest BCUT2D eigenvalue weighted by atomic mass is 79.9. The van der Waals surface area contributed by atoms with Crippen molar-refractivity contribution >= 4 is 45.6 Å². The van der Waals surface area contributed by atoms with Crippen molar-refractivity contribution in [3.8, 4) is 11.5 Å². The Morgan fingerprint density at radius 2 is 1.74 bits per heavy atom. The Hall–Kier alpha value is -3.98. The normalized spacial score (nSPS) is 10.6. The molecule has 0 aliphatic rings. The fourth-order valence-corrected chi connectivity index (χ4v) is 3.25. The van der Waals surface area contributed by atoms with E-state index >= 15 is 0 Å². The van der Waals surface area contributed by atoms with Crippen molar-refractivity contribution in [2.45, 2.75) is 13.8 Å². The van der Waals surface area contributed by atoms with Gasteiger partial charge >= 0.3 is 17.8 Å². The highest BCUT2D eigenvalue weighted by Gasteiger charge is 2.15. The number of nitrogens with zero attached hydrogens (tertiary/aromatic N) is 1. The van der Waals surface area contributed by atoms with Gasteiger partial charge in [-0.1, -0.05) is 34.1 Å². The Kier molecular flexibility index (Phi) is 8.53. The minimum Gasteiger partial charge on any atom is -0.494 e. The van der Waals surface area contributed by atoms with E-state index in [2.05, 4.69) is 31.8 Å². The van der Waals surface area contributed by atoms with Crippen molar-refractivity contribution in [2.75, 3.05) is 11.9 Å². The molecule has 0 aromatic heterocycles. The average molecular weight is 524 g/mol. The van der Waals surface area contributed by atoms with E-state index in [9.17, 15) is 14.4 Å². The average Bonchev–Trinajstić information content (AvgIpc) is 2.82. The van der Waals surface area contributed by atoms with E-state index < -0.39 is 17.8 Å². The molecule has 0 saturated heterocycles. The Morgan fingerprint density at radius 1 is 1.00 bits per heavy atom. The van der Waals surface area contributed by atoms with Gasteiger partial charge in [0.1, 0.15) is 11.5 Å². The molecule has 3 aromatic rings. The molecule has 34 heavy (non-hydrogen) atoms. The lowest BCUT2D eigenvalue weighted by Gasteiger charge is -2.09. The number of rotatable bonds is 7. The zero-order valence-corrected chi connectivity index (χ0v) is 20.1. The van der Waals surface area contributed by atoms with Crippen LogP contribution in [0.3, 0.4) is 0 Å². The van der Waals surface area contributed by atoms with Crippen molar-refractivity contribution in [3.63, 3.8) is 0 Å². The van der Waals surface area contributed by atoms with Crippen LogP contribution >= 0.6 is 15.9 Å². The molecule has 0 aliphatic heterocycles. The van der Waals surface area contributed by atoms with E-state index in [1.54, 1.807) is 54.6 Å². The Labute approximate surface area is 205 Å². The van der Waals surface area contributed by atoms with Crippen LogP contribution in [-0.2, 0) is 9.59 Å². The minimum atomic E-state index is -0.960. The number of hydrazone groups is 1. The summed E-state index contributed by atoms with van der Waals surface area (Å²) in [5.74, 6) is -1.47. The summed E-state index contributed by atoms with van der Waals surface area (Å²) in [6.45, 7) is 4.21. The number of hydrogen-bond donors (Lipinski definition) is 2. The van der Waals surface area contributed by atoms with Crippen LogP contribution in [0, 0.1) is 6.92 Å². The van der Waals surface area contributed by atoms with Gasteiger partial charge in [0.25, 0.3) is 0 Å². The number of halogens is 1. The van der Waals surface area contributed by atoms with Crippen LogP contribution in [0.5, 0.6) is 11.5 Å². The quantitative estimate of drug-likeness (QED) is 0.156. The first-order chi connectivity index (χ1) is 16.4. The standard InChI is InChI=1S/C25H22BrN3O5/c1-3-33-20-11-9-19(10-12-20)28-23(30)24(31)29-27-15-17-14-18(26)8-13-22(17)34-25(32)21-7-5-4-6-16(21)2/h4-15H,3H2,1-2H3,(H,28,30)(H,29,31). The van der Waals surface area contributed by atoms with Gasteiger partial charge in [-0.2, -0.15) is 5.10 Å². The summed E-state index contributed by atoms with van der Waals surface area (Å²) < 4.78 is 11.6. The van der Waals surface area contributed by atoms with Crippen molar-refractivity contribution in [2.24, 2.45) is 5.10 Å². The number of hydrogen-bond acceptors (Lipinski definition) is 6. The molecule has 0 fully saturated rings. The number of esters is 1. The summed E-state index contributed by atoms with van der Waals surface area (Å²) in [6, 6.07) is 18.7. The van der Waals surface area contributed by atoms with Gasteiger partial charge in [-0.15, -0.1) is 0 Å². The third kappa shape index (κ3) is 6.76. The number of ether oxygens (including phenoxy) is 2. The molecule has 3 aromatic carbocycles. The second kappa shape index (κ2) is 11.8. The SMILES string of the molecule is CCOc1ccc(NC(=O)C(=O)NN=Cc2cc(Br)ccc2OC(=O)c2ccccc2C)cc1. The minimum absolute atomic E-state index is 0.244. The number of aryl methyl sites for hydroxylation is 1. The number of carbonyl (C=O) groups is 3. The molecule has 0 atom stereocenters. The molecular weight excluding hydrogens is 502 g/mol. The van der Waals surface area contributed by atoms with Gasteiger partial charge in [0, 0.05) is 15.7 Å². The van der Waals surface area contributed by atoms with Crippen LogP contribution in [0.25, 0.3) is 0 Å². The maximum Gasteiger partial charge on any atom is 0.343 e. The summed E-state index contributed by atoms with van der Waals surface area (Å²) in [7, 11) is 0. The van der Waals surface area contributed by atoms with Crippen LogP contribution in [0.1, 0.15) is 28.4 Å². The first kappa shape index (κ1) is 24.7. The van der Waals surface area contributed by atoms with Gasteiger partial charge in [0.15, 0.2) is 0 Å². The Bertz CT molecular complexity index is 1230. The Balaban J connectivity index is 1.64. The predicted molar refractivity (Wildman–Crippen MR) is 132 cm³/mol. The zero-order valence-electron chi connectivity index (χ0n) is 18.5. The number of amides is 2. The summed E-state index contributed by atoms with van der Waals surface area (Å²) in [5, 5.41) is 6.30. The van der Waals surface area contributed by atoms with Gasteiger partial charge in [0.05, 0.1) is 18.4 Å². The number of carbonyl (C=O) groups excluding carboxylic acids is 3. The van der Waals surface area contributed by atoms with Crippen LogP contribution in [-0.4, -0.2) is 30.6 Å². The molecule has 0 radical (unpaired) electrons. The van der Waals surface area contributed by atoms with Gasteiger partial charge in [-0.25, -0.2) is 10.2 Å². The smallest absolute Gasteiger partial charge is 0.343 e. The summed E-state index contributed by atoms with van der Waals surface area (Å²) in [5.41, 5.74) is 4.24. The molecule has 174 valence electrons. The topological polar surface area (TPSA) is 106 Å². The van der Waals surface area contributed by atoms with E-state index in [1.165, 1.54) is 6.21 Å². The second-order valence-corrected chi connectivity index (χ2v) is 7.91. The largest absolute Gasteiger partial charge is 0.494 e. The van der Waals surface area contributed by atoms with Crippen LogP contribution in [0.4, 0.5) is 5.69 Å². The zero-order chi connectivity index (χ0) is 24.5. The molecule has 8 nitrogen and oxygen atoms in total. The first-order valence-electron chi connectivity index (χ1n) is 10.3. The van der Waals surface area contributed by atoms with Gasteiger partial charge in [-0.3, -0.25) is 9.59 Å².